The average molecular weight is 210 g/mol. The molecule has 1 aliphatic rings. The standard InChI is InChI=1S/C11H11FO3/c1-6-4-7-2-3-8(12)5-9(7)11(6,15)10(13)14/h2-3,5-6,15H,4H2,1H3,(H,13,14). The molecule has 80 valence electrons. The molecule has 2 rings (SSSR count). The van der Waals surface area contributed by atoms with Gasteiger partial charge in [-0.05, 0) is 24.1 Å². The van der Waals surface area contributed by atoms with Crippen LogP contribution >= 0.6 is 0 Å². The van der Waals surface area contributed by atoms with Crippen LogP contribution in [0.4, 0.5) is 4.39 Å². The van der Waals surface area contributed by atoms with Crippen molar-refractivity contribution in [2.75, 3.05) is 0 Å². The summed E-state index contributed by atoms with van der Waals surface area (Å²) >= 11 is 0. The van der Waals surface area contributed by atoms with Crippen LogP contribution in [0.1, 0.15) is 18.1 Å². The molecule has 0 bridgehead atoms. The van der Waals surface area contributed by atoms with Gasteiger partial charge < -0.3 is 10.2 Å². The van der Waals surface area contributed by atoms with E-state index in [4.69, 9.17) is 5.11 Å². The highest BCUT2D eigenvalue weighted by molar-refractivity contribution is 5.81. The Labute approximate surface area is 86.2 Å². The van der Waals surface area contributed by atoms with Gasteiger partial charge in [0.05, 0.1) is 0 Å². The van der Waals surface area contributed by atoms with Crippen molar-refractivity contribution in [1.29, 1.82) is 0 Å². The number of carbonyl (C=O) groups is 1. The molecule has 2 atom stereocenters. The van der Waals surface area contributed by atoms with Gasteiger partial charge in [0, 0.05) is 11.5 Å². The molecule has 2 N–H and O–H groups in total. The van der Waals surface area contributed by atoms with Crippen molar-refractivity contribution in [3.05, 3.63) is 35.1 Å². The number of hydrogen-bond acceptors (Lipinski definition) is 2. The maximum atomic E-state index is 13.0. The van der Waals surface area contributed by atoms with E-state index in [1.54, 1.807) is 6.92 Å². The van der Waals surface area contributed by atoms with E-state index in [1.165, 1.54) is 12.1 Å². The maximum absolute atomic E-state index is 13.0. The van der Waals surface area contributed by atoms with Crippen molar-refractivity contribution < 1.29 is 19.4 Å². The summed E-state index contributed by atoms with van der Waals surface area (Å²) < 4.78 is 13.0. The van der Waals surface area contributed by atoms with Crippen molar-refractivity contribution >= 4 is 5.97 Å². The highest BCUT2D eigenvalue weighted by Gasteiger charge is 2.49. The number of benzene rings is 1. The van der Waals surface area contributed by atoms with E-state index in [0.29, 0.717) is 12.0 Å². The highest BCUT2D eigenvalue weighted by atomic mass is 19.1. The Bertz CT molecular complexity index is 430. The van der Waals surface area contributed by atoms with E-state index in [2.05, 4.69) is 0 Å². The molecule has 0 aliphatic heterocycles. The summed E-state index contributed by atoms with van der Waals surface area (Å²) in [5, 5.41) is 19.1. The third kappa shape index (κ3) is 1.25. The minimum Gasteiger partial charge on any atom is -0.479 e. The van der Waals surface area contributed by atoms with Crippen molar-refractivity contribution in [2.24, 2.45) is 5.92 Å². The number of aliphatic carboxylic acids is 1. The second-order valence-corrected chi connectivity index (χ2v) is 3.98. The molecular formula is C11H11FO3. The summed E-state index contributed by atoms with van der Waals surface area (Å²) in [5.41, 5.74) is -1.06. The molecule has 0 fully saturated rings. The summed E-state index contributed by atoms with van der Waals surface area (Å²) in [4.78, 5) is 11.0. The molecule has 0 amide bonds. The van der Waals surface area contributed by atoms with Crippen LogP contribution in [0.3, 0.4) is 0 Å². The minimum atomic E-state index is -1.95. The van der Waals surface area contributed by atoms with Crippen LogP contribution in [-0.4, -0.2) is 16.2 Å². The lowest BCUT2D eigenvalue weighted by molar-refractivity contribution is -0.164. The van der Waals surface area contributed by atoms with Crippen molar-refractivity contribution in [3.8, 4) is 0 Å². The van der Waals surface area contributed by atoms with E-state index in [9.17, 15) is 14.3 Å². The van der Waals surface area contributed by atoms with Crippen LogP contribution in [0.25, 0.3) is 0 Å². The monoisotopic (exact) mass is 210 g/mol. The van der Waals surface area contributed by atoms with E-state index in [1.807, 2.05) is 0 Å². The molecule has 0 aromatic heterocycles. The van der Waals surface area contributed by atoms with E-state index >= 15 is 0 Å². The van der Waals surface area contributed by atoms with Crippen LogP contribution in [0, 0.1) is 11.7 Å². The van der Waals surface area contributed by atoms with Crippen LogP contribution in [-0.2, 0) is 16.8 Å². The highest BCUT2D eigenvalue weighted by Crippen LogP contribution is 2.41. The van der Waals surface area contributed by atoms with E-state index in [-0.39, 0.29) is 5.56 Å². The predicted molar refractivity (Wildman–Crippen MR) is 50.8 cm³/mol. The number of fused-ring (bicyclic) bond motifs is 1. The molecule has 2 unspecified atom stereocenters. The second kappa shape index (κ2) is 3.03. The number of aliphatic hydroxyl groups is 1. The Morgan fingerprint density at radius 2 is 2.27 bits per heavy atom. The van der Waals surface area contributed by atoms with Gasteiger partial charge in [0.15, 0.2) is 5.60 Å². The topological polar surface area (TPSA) is 57.5 Å². The molecule has 0 saturated heterocycles. The quantitative estimate of drug-likeness (QED) is 0.734. The summed E-state index contributed by atoms with van der Waals surface area (Å²) in [6.07, 6.45) is 0.457. The van der Waals surface area contributed by atoms with Gasteiger partial charge in [0.25, 0.3) is 0 Å². The summed E-state index contributed by atoms with van der Waals surface area (Å²) in [6, 6.07) is 3.91. The SMILES string of the molecule is CC1Cc2ccc(F)cc2C1(O)C(=O)O. The van der Waals surface area contributed by atoms with E-state index in [0.717, 1.165) is 6.07 Å². The third-order valence-corrected chi connectivity index (χ3v) is 3.05. The van der Waals surface area contributed by atoms with Crippen LogP contribution < -0.4 is 0 Å². The molecule has 0 heterocycles. The minimum absolute atomic E-state index is 0.183. The zero-order valence-corrected chi connectivity index (χ0v) is 8.20. The zero-order valence-electron chi connectivity index (χ0n) is 8.20. The van der Waals surface area contributed by atoms with Crippen LogP contribution in [0.5, 0.6) is 0 Å². The number of rotatable bonds is 1. The predicted octanol–water partition coefficient (Wildman–Crippen LogP) is 1.29. The van der Waals surface area contributed by atoms with Gasteiger partial charge in [-0.25, -0.2) is 9.18 Å². The Morgan fingerprint density at radius 1 is 1.60 bits per heavy atom. The smallest absolute Gasteiger partial charge is 0.340 e. The Balaban J connectivity index is 2.62. The van der Waals surface area contributed by atoms with Gasteiger partial charge >= 0.3 is 5.97 Å². The Morgan fingerprint density at radius 3 is 2.87 bits per heavy atom. The number of carboxylic acid groups (broad SMARTS) is 1. The molecular weight excluding hydrogens is 199 g/mol. The van der Waals surface area contributed by atoms with Gasteiger partial charge in [-0.1, -0.05) is 13.0 Å². The van der Waals surface area contributed by atoms with Crippen LogP contribution in [0.15, 0.2) is 18.2 Å². The summed E-state index contributed by atoms with van der Waals surface area (Å²) in [5.74, 6) is -2.28. The molecule has 0 radical (unpaired) electrons. The Hall–Kier alpha value is -1.42. The van der Waals surface area contributed by atoms with Gasteiger partial charge in [-0.15, -0.1) is 0 Å². The lowest BCUT2D eigenvalue weighted by Crippen LogP contribution is -2.38. The van der Waals surface area contributed by atoms with Crippen molar-refractivity contribution in [2.45, 2.75) is 18.9 Å². The second-order valence-electron chi connectivity index (χ2n) is 3.98. The molecule has 1 aromatic rings. The normalized spacial score (nSPS) is 28.9. The molecule has 1 aromatic carbocycles. The molecule has 0 spiro atoms. The zero-order chi connectivity index (χ0) is 11.2. The summed E-state index contributed by atoms with van der Waals surface area (Å²) in [6.45, 7) is 1.64. The molecule has 3 nitrogen and oxygen atoms in total. The average Bonchev–Trinajstić information content (AvgIpc) is 2.42. The maximum Gasteiger partial charge on any atom is 0.340 e. The van der Waals surface area contributed by atoms with E-state index < -0.39 is 23.3 Å². The number of halogens is 1. The van der Waals surface area contributed by atoms with Crippen molar-refractivity contribution in [1.82, 2.24) is 0 Å². The van der Waals surface area contributed by atoms with Gasteiger partial charge in [-0.2, -0.15) is 0 Å². The third-order valence-electron chi connectivity index (χ3n) is 3.05. The van der Waals surface area contributed by atoms with Gasteiger partial charge in [0.2, 0.25) is 0 Å². The molecule has 4 heteroatoms. The lowest BCUT2D eigenvalue weighted by Gasteiger charge is -2.23. The Kier molecular flexibility index (Phi) is 2.04. The van der Waals surface area contributed by atoms with Gasteiger partial charge in [-0.3, -0.25) is 0 Å². The first-order valence-electron chi connectivity index (χ1n) is 4.71. The fourth-order valence-corrected chi connectivity index (χ4v) is 2.15. The first kappa shape index (κ1) is 10.1. The fraction of sp³-hybridized carbons (Fsp3) is 0.364. The first-order valence-corrected chi connectivity index (χ1v) is 4.71. The largest absolute Gasteiger partial charge is 0.479 e. The molecule has 15 heavy (non-hydrogen) atoms. The first-order chi connectivity index (χ1) is 6.96. The van der Waals surface area contributed by atoms with Crippen molar-refractivity contribution in [3.63, 3.8) is 0 Å². The number of carboxylic acids is 1. The lowest BCUT2D eigenvalue weighted by atomic mass is 9.89. The summed E-state index contributed by atoms with van der Waals surface area (Å²) in [7, 11) is 0. The molecule has 1 aliphatic carbocycles. The van der Waals surface area contributed by atoms with Crippen LogP contribution in [0.2, 0.25) is 0 Å². The number of hydrogen-bond donors (Lipinski definition) is 2. The fourth-order valence-electron chi connectivity index (χ4n) is 2.15. The molecule has 0 saturated carbocycles. The van der Waals surface area contributed by atoms with Gasteiger partial charge in [0.1, 0.15) is 5.82 Å².